The second-order valence-corrected chi connectivity index (χ2v) is 5.53. The number of methoxy groups -OCH3 is 1. The highest BCUT2D eigenvalue weighted by molar-refractivity contribution is 9.10. The molecule has 0 aliphatic rings. The van der Waals surface area contributed by atoms with Gasteiger partial charge in [-0.1, -0.05) is 15.9 Å². The molecule has 21 heavy (non-hydrogen) atoms. The summed E-state index contributed by atoms with van der Waals surface area (Å²) in [6.45, 7) is 3.11. The van der Waals surface area contributed by atoms with Crippen molar-refractivity contribution < 1.29 is 9.47 Å². The molecule has 2 rings (SSSR count). The third kappa shape index (κ3) is 4.19. The van der Waals surface area contributed by atoms with Gasteiger partial charge in [-0.2, -0.15) is 0 Å². The van der Waals surface area contributed by atoms with Gasteiger partial charge < -0.3 is 14.8 Å². The van der Waals surface area contributed by atoms with Crippen LogP contribution in [0.3, 0.4) is 0 Å². The van der Waals surface area contributed by atoms with E-state index in [1.807, 2.05) is 44.3 Å². The third-order valence-electron chi connectivity index (χ3n) is 3.05. The lowest BCUT2D eigenvalue weighted by atomic mass is 10.2. The number of halogens is 1. The van der Waals surface area contributed by atoms with Crippen LogP contribution >= 0.6 is 15.9 Å². The molecule has 0 unspecified atom stereocenters. The summed E-state index contributed by atoms with van der Waals surface area (Å²) < 4.78 is 12.2. The Morgan fingerprint density at radius 3 is 2.76 bits per heavy atom. The van der Waals surface area contributed by atoms with Gasteiger partial charge in [0.05, 0.1) is 12.8 Å². The predicted molar refractivity (Wildman–Crippen MR) is 86.8 cm³/mol. The van der Waals surface area contributed by atoms with Crippen molar-refractivity contribution in [1.82, 2.24) is 10.3 Å². The van der Waals surface area contributed by atoms with Crippen LogP contribution in [0.15, 0.2) is 34.8 Å². The summed E-state index contributed by atoms with van der Waals surface area (Å²) >= 11 is 3.53. The molecule has 0 saturated heterocycles. The summed E-state index contributed by atoms with van der Waals surface area (Å²) in [6, 6.07) is 9.74. The van der Waals surface area contributed by atoms with E-state index < -0.39 is 0 Å². The summed E-state index contributed by atoms with van der Waals surface area (Å²) in [7, 11) is 3.55. The van der Waals surface area contributed by atoms with Gasteiger partial charge in [-0.15, -0.1) is 0 Å². The SMILES string of the molecule is CNCc1nc(C)ccc1OCc1cc(OC)ccc1Br. The molecule has 0 saturated carbocycles. The van der Waals surface area contributed by atoms with Gasteiger partial charge in [0.25, 0.3) is 0 Å². The van der Waals surface area contributed by atoms with Crippen LogP contribution in [0, 0.1) is 6.92 Å². The number of ether oxygens (including phenoxy) is 2. The number of pyridine rings is 1. The Kier molecular flexibility index (Phi) is 5.59. The third-order valence-corrected chi connectivity index (χ3v) is 3.83. The number of nitrogens with zero attached hydrogens (tertiary/aromatic N) is 1. The largest absolute Gasteiger partial charge is 0.497 e. The van der Waals surface area contributed by atoms with Crippen LogP contribution in [0.2, 0.25) is 0 Å². The van der Waals surface area contributed by atoms with E-state index in [0.717, 1.165) is 32.9 Å². The van der Waals surface area contributed by atoms with Crippen molar-refractivity contribution >= 4 is 15.9 Å². The first-order valence-electron chi connectivity index (χ1n) is 6.70. The number of aromatic nitrogens is 1. The fourth-order valence-electron chi connectivity index (χ4n) is 1.97. The van der Waals surface area contributed by atoms with Gasteiger partial charge in [0.2, 0.25) is 0 Å². The molecular formula is C16H19BrN2O2. The molecule has 0 aliphatic carbocycles. The number of benzene rings is 1. The van der Waals surface area contributed by atoms with Gasteiger partial charge >= 0.3 is 0 Å². The minimum absolute atomic E-state index is 0.458. The molecule has 0 fully saturated rings. The van der Waals surface area contributed by atoms with Crippen LogP contribution in [0.5, 0.6) is 11.5 Å². The molecule has 1 heterocycles. The van der Waals surface area contributed by atoms with E-state index in [-0.39, 0.29) is 0 Å². The molecule has 0 spiro atoms. The molecule has 5 heteroatoms. The van der Waals surface area contributed by atoms with E-state index in [1.165, 1.54) is 0 Å². The fourth-order valence-corrected chi connectivity index (χ4v) is 2.33. The van der Waals surface area contributed by atoms with Crippen LogP contribution in [-0.2, 0) is 13.2 Å². The summed E-state index contributed by atoms with van der Waals surface area (Å²) in [5, 5.41) is 3.11. The predicted octanol–water partition coefficient (Wildman–Crippen LogP) is 3.46. The number of hydrogen-bond donors (Lipinski definition) is 1. The van der Waals surface area contributed by atoms with E-state index in [4.69, 9.17) is 9.47 Å². The summed E-state index contributed by atoms with van der Waals surface area (Å²) in [6.07, 6.45) is 0. The standard InChI is InChI=1S/C16H19BrN2O2/c1-11-4-7-16(15(19-11)9-18-2)21-10-12-8-13(20-3)5-6-14(12)17/h4-8,18H,9-10H2,1-3H3. The highest BCUT2D eigenvalue weighted by Gasteiger charge is 2.08. The van der Waals surface area contributed by atoms with Crippen molar-refractivity contribution in [1.29, 1.82) is 0 Å². The Hall–Kier alpha value is -1.59. The van der Waals surface area contributed by atoms with E-state index in [9.17, 15) is 0 Å². The quantitative estimate of drug-likeness (QED) is 0.866. The highest BCUT2D eigenvalue weighted by atomic mass is 79.9. The zero-order valence-corrected chi connectivity index (χ0v) is 14.0. The average Bonchev–Trinajstić information content (AvgIpc) is 2.48. The molecule has 4 nitrogen and oxygen atoms in total. The molecule has 2 aromatic rings. The minimum Gasteiger partial charge on any atom is -0.497 e. The number of nitrogens with one attached hydrogen (secondary N) is 1. The van der Waals surface area contributed by atoms with Gasteiger partial charge in [-0.25, -0.2) is 0 Å². The molecule has 0 bridgehead atoms. The summed E-state index contributed by atoms with van der Waals surface area (Å²) in [5.41, 5.74) is 2.93. The van der Waals surface area contributed by atoms with E-state index >= 15 is 0 Å². The lowest BCUT2D eigenvalue weighted by Gasteiger charge is -2.13. The van der Waals surface area contributed by atoms with Gasteiger partial charge in [0.1, 0.15) is 18.1 Å². The zero-order valence-electron chi connectivity index (χ0n) is 12.4. The number of aryl methyl sites for hydroxylation is 1. The van der Waals surface area contributed by atoms with Crippen LogP contribution < -0.4 is 14.8 Å². The molecule has 0 radical (unpaired) electrons. The monoisotopic (exact) mass is 350 g/mol. The van der Waals surface area contributed by atoms with Crippen LogP contribution in [0.4, 0.5) is 0 Å². The zero-order chi connectivity index (χ0) is 15.2. The van der Waals surface area contributed by atoms with Crippen LogP contribution in [-0.4, -0.2) is 19.1 Å². The maximum absolute atomic E-state index is 5.92. The topological polar surface area (TPSA) is 43.4 Å². The highest BCUT2D eigenvalue weighted by Crippen LogP contribution is 2.25. The lowest BCUT2D eigenvalue weighted by Crippen LogP contribution is -2.10. The molecule has 1 aromatic heterocycles. The Balaban J connectivity index is 2.16. The Labute approximate surface area is 133 Å². The van der Waals surface area contributed by atoms with Crippen LogP contribution in [0.1, 0.15) is 17.0 Å². The first kappa shape index (κ1) is 15.8. The molecule has 1 aromatic carbocycles. The molecule has 0 atom stereocenters. The second kappa shape index (κ2) is 7.43. The van der Waals surface area contributed by atoms with Crippen molar-refractivity contribution in [2.75, 3.05) is 14.2 Å². The lowest BCUT2D eigenvalue weighted by molar-refractivity contribution is 0.298. The number of hydrogen-bond acceptors (Lipinski definition) is 4. The maximum atomic E-state index is 5.92. The normalized spacial score (nSPS) is 10.5. The smallest absolute Gasteiger partial charge is 0.142 e. The molecular weight excluding hydrogens is 332 g/mol. The molecule has 0 amide bonds. The first-order valence-corrected chi connectivity index (χ1v) is 7.49. The first-order chi connectivity index (χ1) is 10.1. The summed E-state index contributed by atoms with van der Waals surface area (Å²) in [5.74, 6) is 1.61. The summed E-state index contributed by atoms with van der Waals surface area (Å²) in [4.78, 5) is 4.51. The van der Waals surface area contributed by atoms with E-state index in [0.29, 0.717) is 13.2 Å². The molecule has 1 N–H and O–H groups in total. The van der Waals surface area contributed by atoms with Gasteiger partial charge in [0, 0.05) is 22.3 Å². The number of rotatable bonds is 6. The van der Waals surface area contributed by atoms with E-state index in [1.54, 1.807) is 7.11 Å². The molecule has 0 aliphatic heterocycles. The maximum Gasteiger partial charge on any atom is 0.142 e. The average molecular weight is 351 g/mol. The Morgan fingerprint density at radius 1 is 1.24 bits per heavy atom. The Bertz CT molecular complexity index is 617. The van der Waals surface area contributed by atoms with Crippen molar-refractivity contribution in [2.45, 2.75) is 20.1 Å². The molecule has 112 valence electrons. The van der Waals surface area contributed by atoms with Crippen molar-refractivity contribution in [3.05, 3.63) is 51.8 Å². The minimum atomic E-state index is 0.458. The fraction of sp³-hybridized carbons (Fsp3) is 0.312. The van der Waals surface area contributed by atoms with Crippen molar-refractivity contribution in [3.63, 3.8) is 0 Å². The van der Waals surface area contributed by atoms with Crippen molar-refractivity contribution in [2.24, 2.45) is 0 Å². The van der Waals surface area contributed by atoms with Gasteiger partial charge in [-0.05, 0) is 44.3 Å². The van der Waals surface area contributed by atoms with Crippen LogP contribution in [0.25, 0.3) is 0 Å². The van der Waals surface area contributed by atoms with Gasteiger partial charge in [0.15, 0.2) is 0 Å². The van der Waals surface area contributed by atoms with E-state index in [2.05, 4.69) is 26.2 Å². The van der Waals surface area contributed by atoms with Gasteiger partial charge in [-0.3, -0.25) is 4.98 Å². The second-order valence-electron chi connectivity index (χ2n) is 4.67. The van der Waals surface area contributed by atoms with Crippen molar-refractivity contribution in [3.8, 4) is 11.5 Å². The Morgan fingerprint density at radius 2 is 2.05 bits per heavy atom.